The van der Waals surface area contributed by atoms with E-state index in [1.807, 2.05) is 0 Å². The van der Waals surface area contributed by atoms with Gasteiger partial charge in [-0.1, -0.05) is 12.1 Å². The normalized spacial score (nSPS) is 16.5. The molecule has 1 fully saturated rings. The molecular weight excluding hydrogens is 290 g/mol. The van der Waals surface area contributed by atoms with E-state index in [-0.39, 0.29) is 17.5 Å². The number of nitrogens with two attached hydrogens (primary N) is 1. The van der Waals surface area contributed by atoms with Crippen LogP contribution in [0.25, 0.3) is 0 Å². The van der Waals surface area contributed by atoms with Gasteiger partial charge in [0.15, 0.2) is 0 Å². The van der Waals surface area contributed by atoms with Gasteiger partial charge in [0.05, 0.1) is 4.90 Å². The first-order valence-corrected chi connectivity index (χ1v) is 8.68. The van der Waals surface area contributed by atoms with Gasteiger partial charge in [0, 0.05) is 12.6 Å². The third-order valence-corrected chi connectivity index (χ3v) is 4.67. The molecule has 7 nitrogen and oxygen atoms in total. The third-order valence-electron chi connectivity index (χ3n) is 2.59. The maximum atomic E-state index is 11.6. The summed E-state index contributed by atoms with van der Waals surface area (Å²) in [6.45, 7) is 0.00537. The van der Waals surface area contributed by atoms with E-state index in [9.17, 15) is 16.8 Å². The lowest BCUT2D eigenvalue weighted by molar-refractivity contribution is 0.565. The summed E-state index contributed by atoms with van der Waals surface area (Å²) in [5.74, 6) is 0. The number of nitrogens with one attached hydrogen (secondary N) is 2. The van der Waals surface area contributed by atoms with Crippen LogP contribution in [0.1, 0.15) is 18.4 Å². The predicted molar refractivity (Wildman–Crippen MR) is 69.7 cm³/mol. The Balaban J connectivity index is 2.03. The van der Waals surface area contributed by atoms with Crippen LogP contribution in [0.4, 0.5) is 0 Å². The molecule has 0 saturated heterocycles. The Morgan fingerprint density at radius 2 is 1.89 bits per heavy atom. The zero-order valence-electron chi connectivity index (χ0n) is 10.0. The molecule has 1 aromatic rings. The second-order valence-electron chi connectivity index (χ2n) is 4.41. The summed E-state index contributed by atoms with van der Waals surface area (Å²) in [6.07, 6.45) is 1.70. The molecule has 19 heavy (non-hydrogen) atoms. The first kappa shape index (κ1) is 14.4. The van der Waals surface area contributed by atoms with Crippen LogP contribution in [0.15, 0.2) is 29.2 Å². The average Bonchev–Trinajstić information content (AvgIpc) is 3.09. The molecule has 1 aliphatic rings. The first-order valence-electron chi connectivity index (χ1n) is 5.65. The lowest BCUT2D eigenvalue weighted by atomic mass is 10.2. The Morgan fingerprint density at radius 3 is 2.47 bits per heavy atom. The lowest BCUT2D eigenvalue weighted by Crippen LogP contribution is -2.37. The van der Waals surface area contributed by atoms with Crippen molar-refractivity contribution in [1.82, 2.24) is 9.44 Å². The van der Waals surface area contributed by atoms with Gasteiger partial charge in [-0.25, -0.2) is 13.6 Å². The Kier molecular flexibility index (Phi) is 3.92. The van der Waals surface area contributed by atoms with Gasteiger partial charge in [0.1, 0.15) is 0 Å². The van der Waals surface area contributed by atoms with E-state index < -0.39 is 20.2 Å². The van der Waals surface area contributed by atoms with Crippen molar-refractivity contribution >= 4 is 20.2 Å². The molecule has 1 saturated carbocycles. The van der Waals surface area contributed by atoms with Gasteiger partial charge in [-0.3, -0.25) is 0 Å². The van der Waals surface area contributed by atoms with Crippen LogP contribution in [-0.4, -0.2) is 22.9 Å². The highest BCUT2D eigenvalue weighted by Gasteiger charge is 2.26. The maximum Gasteiger partial charge on any atom is 0.277 e. The molecule has 0 heterocycles. The summed E-state index contributed by atoms with van der Waals surface area (Å²) in [4.78, 5) is -0.0423. The topological polar surface area (TPSA) is 118 Å². The lowest BCUT2D eigenvalue weighted by Gasteiger charge is -2.08. The molecule has 1 aliphatic carbocycles. The van der Waals surface area contributed by atoms with Crippen LogP contribution in [0.5, 0.6) is 0 Å². The minimum absolute atomic E-state index is 0.00537. The van der Waals surface area contributed by atoms with Gasteiger partial charge in [-0.15, -0.1) is 0 Å². The highest BCUT2D eigenvalue weighted by atomic mass is 32.2. The molecule has 0 aromatic heterocycles. The number of rotatable bonds is 6. The smallest absolute Gasteiger partial charge is 0.225 e. The largest absolute Gasteiger partial charge is 0.277 e. The van der Waals surface area contributed by atoms with Crippen molar-refractivity contribution in [2.45, 2.75) is 30.3 Å². The van der Waals surface area contributed by atoms with Gasteiger partial charge in [0.2, 0.25) is 10.0 Å². The highest BCUT2D eigenvalue weighted by Crippen LogP contribution is 2.19. The zero-order chi connectivity index (χ0) is 14.1. The molecule has 1 aromatic carbocycles. The van der Waals surface area contributed by atoms with E-state index in [1.165, 1.54) is 18.2 Å². The van der Waals surface area contributed by atoms with Crippen LogP contribution >= 0.6 is 0 Å². The minimum atomic E-state index is -3.78. The van der Waals surface area contributed by atoms with Crippen LogP contribution in [0.2, 0.25) is 0 Å². The molecule has 0 aliphatic heterocycles. The fourth-order valence-electron chi connectivity index (χ4n) is 1.47. The molecule has 0 atom stereocenters. The number of sulfonamides is 1. The van der Waals surface area contributed by atoms with E-state index in [0.717, 1.165) is 12.8 Å². The number of primary sulfonamides is 1. The molecule has 0 spiro atoms. The summed E-state index contributed by atoms with van der Waals surface area (Å²) in [5, 5.41) is 5.00. The Labute approximate surface area is 112 Å². The van der Waals surface area contributed by atoms with Crippen molar-refractivity contribution in [3.8, 4) is 0 Å². The molecular formula is C10H15N3O4S2. The molecule has 2 rings (SSSR count). The molecule has 106 valence electrons. The van der Waals surface area contributed by atoms with Crippen LogP contribution in [-0.2, 0) is 26.8 Å². The average molecular weight is 305 g/mol. The standard InChI is InChI=1S/C10H15N3O4S2/c11-18(14,15)10-3-1-2-8(6-10)7-12-19(16,17)13-9-4-5-9/h1-3,6,9,12-13H,4-5,7H2,(H2,11,14,15). The summed E-state index contributed by atoms with van der Waals surface area (Å²) in [6, 6.07) is 5.85. The van der Waals surface area contributed by atoms with E-state index >= 15 is 0 Å². The van der Waals surface area contributed by atoms with Crippen molar-refractivity contribution in [3.05, 3.63) is 29.8 Å². The van der Waals surface area contributed by atoms with Gasteiger partial charge < -0.3 is 0 Å². The summed E-state index contributed by atoms with van der Waals surface area (Å²) >= 11 is 0. The number of hydrogen-bond acceptors (Lipinski definition) is 4. The Morgan fingerprint density at radius 1 is 1.21 bits per heavy atom. The quantitative estimate of drug-likeness (QED) is 0.651. The molecule has 0 amide bonds. The van der Waals surface area contributed by atoms with Gasteiger partial charge in [-0.05, 0) is 30.5 Å². The maximum absolute atomic E-state index is 11.6. The molecule has 0 bridgehead atoms. The first-order chi connectivity index (χ1) is 8.76. The van der Waals surface area contributed by atoms with Crippen LogP contribution in [0, 0.1) is 0 Å². The third kappa shape index (κ3) is 4.55. The summed E-state index contributed by atoms with van der Waals surface area (Å²) in [7, 11) is -7.33. The highest BCUT2D eigenvalue weighted by molar-refractivity contribution is 7.89. The van der Waals surface area contributed by atoms with Crippen LogP contribution < -0.4 is 14.6 Å². The van der Waals surface area contributed by atoms with Gasteiger partial charge in [-0.2, -0.15) is 17.9 Å². The molecule has 9 heteroatoms. The summed E-state index contributed by atoms with van der Waals surface area (Å²) in [5.41, 5.74) is 0.521. The fraction of sp³-hybridized carbons (Fsp3) is 0.400. The van der Waals surface area contributed by atoms with E-state index in [1.54, 1.807) is 6.07 Å². The van der Waals surface area contributed by atoms with Crippen molar-refractivity contribution < 1.29 is 16.8 Å². The monoisotopic (exact) mass is 305 g/mol. The van der Waals surface area contributed by atoms with Crippen molar-refractivity contribution in [3.63, 3.8) is 0 Å². The zero-order valence-corrected chi connectivity index (χ0v) is 11.7. The van der Waals surface area contributed by atoms with E-state index in [0.29, 0.717) is 5.56 Å². The van der Waals surface area contributed by atoms with Crippen molar-refractivity contribution in [2.24, 2.45) is 5.14 Å². The number of hydrogen-bond donors (Lipinski definition) is 3. The molecule has 0 unspecified atom stereocenters. The second-order valence-corrected chi connectivity index (χ2v) is 7.50. The van der Waals surface area contributed by atoms with Gasteiger partial charge in [0.25, 0.3) is 10.2 Å². The Hall–Kier alpha value is -1.00. The SMILES string of the molecule is NS(=O)(=O)c1cccc(CNS(=O)(=O)NC2CC2)c1. The van der Waals surface area contributed by atoms with E-state index in [4.69, 9.17) is 5.14 Å². The summed E-state index contributed by atoms with van der Waals surface area (Å²) < 4.78 is 50.3. The minimum Gasteiger partial charge on any atom is -0.225 e. The van der Waals surface area contributed by atoms with Crippen LogP contribution in [0.3, 0.4) is 0 Å². The fourth-order valence-corrected chi connectivity index (χ4v) is 3.17. The predicted octanol–water partition coefficient (Wildman–Crippen LogP) is -0.580. The Bertz CT molecular complexity index is 666. The van der Waals surface area contributed by atoms with Gasteiger partial charge >= 0.3 is 0 Å². The molecule has 4 N–H and O–H groups in total. The van der Waals surface area contributed by atoms with Crippen molar-refractivity contribution in [1.29, 1.82) is 0 Å². The number of benzene rings is 1. The molecule has 0 radical (unpaired) electrons. The van der Waals surface area contributed by atoms with E-state index in [2.05, 4.69) is 9.44 Å². The second kappa shape index (κ2) is 5.17. The van der Waals surface area contributed by atoms with Crippen molar-refractivity contribution in [2.75, 3.05) is 0 Å².